The summed E-state index contributed by atoms with van der Waals surface area (Å²) < 4.78 is 0. The summed E-state index contributed by atoms with van der Waals surface area (Å²) in [6.45, 7) is 0. The Bertz CT molecular complexity index is 121. The van der Waals surface area contributed by atoms with Crippen molar-refractivity contribution < 1.29 is 17.1 Å². The van der Waals surface area contributed by atoms with Crippen molar-refractivity contribution in [2.75, 3.05) is 5.33 Å². The molecule has 16 heavy (non-hydrogen) atoms. The van der Waals surface area contributed by atoms with Crippen LogP contribution in [0.4, 0.5) is 0 Å². The van der Waals surface area contributed by atoms with Crippen molar-refractivity contribution in [3.05, 3.63) is 63.7 Å². The summed E-state index contributed by atoms with van der Waals surface area (Å²) in [5, 5.41) is 1.13. The third-order valence-electron chi connectivity index (χ3n) is 2.14. The fraction of sp³-hybridized carbons (Fsp3) is 0.286. The molecule has 2 aliphatic carbocycles. The molecule has 86 valence electrons. The molecule has 2 rings (SSSR count). The molecule has 0 N–H and O–H groups in total. The van der Waals surface area contributed by atoms with E-state index in [4.69, 9.17) is 0 Å². The van der Waals surface area contributed by atoms with Gasteiger partial charge in [0.1, 0.15) is 0 Å². The Hall–Kier alpha value is 0.999. The molecule has 0 amide bonds. The molecule has 2 aliphatic rings. The standard InChI is InChI=1S/C9H12Br.C5H5.Fe/c10-8-4-3-7-9-5-1-2-6-9;1-2-4-5-3-1;/h1-2,5-6H,3-4,7-8H2;1-5H;/q;;+2. The van der Waals surface area contributed by atoms with Crippen LogP contribution in [-0.4, -0.2) is 5.33 Å². The van der Waals surface area contributed by atoms with Gasteiger partial charge in [-0.05, 0) is 76.5 Å². The van der Waals surface area contributed by atoms with Crippen LogP contribution in [0.2, 0.25) is 0 Å². The van der Waals surface area contributed by atoms with Crippen molar-refractivity contribution in [1.82, 2.24) is 0 Å². The van der Waals surface area contributed by atoms with E-state index in [-0.39, 0.29) is 17.1 Å². The van der Waals surface area contributed by atoms with E-state index in [0.717, 1.165) is 5.33 Å². The second-order valence-corrected chi connectivity index (χ2v) is 4.19. The van der Waals surface area contributed by atoms with Gasteiger partial charge in [0.25, 0.3) is 0 Å². The SMILES string of the molecule is BrCCCC[C]1[CH][CH][CH][CH]1.[CH]1[CH][CH][CH][CH]1.[Fe+2]. The molecule has 2 heteroatoms. The van der Waals surface area contributed by atoms with Gasteiger partial charge in [-0.2, -0.15) is 0 Å². The number of alkyl halides is 1. The Morgan fingerprint density at radius 3 is 1.69 bits per heavy atom. The quantitative estimate of drug-likeness (QED) is 0.417. The van der Waals surface area contributed by atoms with Gasteiger partial charge in [-0.15, -0.1) is 0 Å². The van der Waals surface area contributed by atoms with Gasteiger partial charge in [-0.25, -0.2) is 0 Å². The number of hydrogen-bond donors (Lipinski definition) is 0. The molecule has 2 fully saturated rings. The third-order valence-corrected chi connectivity index (χ3v) is 2.70. The zero-order valence-corrected chi connectivity index (χ0v) is 11.9. The molecule has 0 bridgehead atoms. The minimum absolute atomic E-state index is 0. The second-order valence-electron chi connectivity index (χ2n) is 3.40. The fourth-order valence-corrected chi connectivity index (χ4v) is 1.72. The van der Waals surface area contributed by atoms with Gasteiger partial charge in [0.2, 0.25) is 0 Å². The van der Waals surface area contributed by atoms with Crippen molar-refractivity contribution >= 4 is 15.9 Å². The summed E-state index contributed by atoms with van der Waals surface area (Å²) in [5.74, 6) is 1.47. The van der Waals surface area contributed by atoms with Crippen LogP contribution in [-0.2, 0) is 17.1 Å². The Morgan fingerprint density at radius 2 is 1.25 bits per heavy atom. The van der Waals surface area contributed by atoms with Crippen molar-refractivity contribution in [1.29, 1.82) is 0 Å². The molecule has 10 radical (unpaired) electrons. The number of unbranched alkanes of at least 4 members (excludes halogenated alkanes) is 1. The Labute approximate surface area is 121 Å². The van der Waals surface area contributed by atoms with Crippen LogP contribution >= 0.6 is 15.9 Å². The van der Waals surface area contributed by atoms with Crippen LogP contribution < -0.4 is 0 Å². The molecular weight excluding hydrogens is 304 g/mol. The average molecular weight is 321 g/mol. The van der Waals surface area contributed by atoms with Crippen molar-refractivity contribution in [2.45, 2.75) is 19.3 Å². The zero-order valence-electron chi connectivity index (χ0n) is 9.26. The molecule has 0 spiro atoms. The van der Waals surface area contributed by atoms with E-state index in [2.05, 4.69) is 41.6 Å². The van der Waals surface area contributed by atoms with Crippen LogP contribution in [0.25, 0.3) is 0 Å². The minimum Gasteiger partial charge on any atom is -0.0928 e. The second kappa shape index (κ2) is 12.5. The molecule has 0 aliphatic heterocycles. The van der Waals surface area contributed by atoms with E-state index in [1.165, 1.54) is 25.2 Å². The fourth-order valence-electron chi connectivity index (χ4n) is 1.32. The maximum absolute atomic E-state index is 3.41. The number of rotatable bonds is 4. The Balaban J connectivity index is 0.000000318. The van der Waals surface area contributed by atoms with E-state index in [1.54, 1.807) is 0 Å². The van der Waals surface area contributed by atoms with Gasteiger partial charge in [-0.1, -0.05) is 22.4 Å². The summed E-state index contributed by atoms with van der Waals surface area (Å²) in [4.78, 5) is 0. The van der Waals surface area contributed by atoms with Crippen LogP contribution in [0.3, 0.4) is 0 Å². The van der Waals surface area contributed by atoms with Gasteiger partial charge in [0.15, 0.2) is 0 Å². The van der Waals surface area contributed by atoms with Crippen LogP contribution in [0, 0.1) is 63.7 Å². The van der Waals surface area contributed by atoms with Crippen molar-refractivity contribution in [2.24, 2.45) is 0 Å². The maximum atomic E-state index is 3.41. The van der Waals surface area contributed by atoms with Crippen LogP contribution in [0.5, 0.6) is 0 Å². The van der Waals surface area contributed by atoms with E-state index >= 15 is 0 Å². The van der Waals surface area contributed by atoms with Gasteiger partial charge in [0.05, 0.1) is 0 Å². The Morgan fingerprint density at radius 1 is 0.750 bits per heavy atom. The monoisotopic (exact) mass is 320 g/mol. The molecule has 0 aromatic carbocycles. The first-order chi connectivity index (χ1) is 7.43. The topological polar surface area (TPSA) is 0 Å². The maximum Gasteiger partial charge on any atom is 2.00 e. The smallest absolute Gasteiger partial charge is 0.0928 e. The molecule has 0 unspecified atom stereocenters. The molecule has 0 atom stereocenters. The first-order valence-corrected chi connectivity index (χ1v) is 6.49. The molecule has 0 nitrogen and oxygen atoms in total. The summed E-state index contributed by atoms with van der Waals surface area (Å²) >= 11 is 3.41. The predicted octanol–water partition coefficient (Wildman–Crippen LogP) is 3.98. The Kier molecular flexibility index (Phi) is 13.2. The van der Waals surface area contributed by atoms with Crippen LogP contribution in [0.1, 0.15) is 19.3 Å². The summed E-state index contributed by atoms with van der Waals surface area (Å²) in [6.07, 6.45) is 22.4. The molecule has 0 aromatic rings. The zero-order chi connectivity index (χ0) is 10.8. The van der Waals surface area contributed by atoms with E-state index < -0.39 is 0 Å². The van der Waals surface area contributed by atoms with E-state index in [9.17, 15) is 0 Å². The van der Waals surface area contributed by atoms with Crippen LogP contribution in [0.15, 0.2) is 0 Å². The van der Waals surface area contributed by atoms with Gasteiger partial charge >= 0.3 is 17.1 Å². The molecule has 0 aromatic heterocycles. The number of hydrogen-bond acceptors (Lipinski definition) is 0. The average Bonchev–Trinajstić information content (AvgIpc) is 2.94. The third kappa shape index (κ3) is 9.07. The molecule has 2 saturated carbocycles. The minimum atomic E-state index is 0. The summed E-state index contributed by atoms with van der Waals surface area (Å²) in [5.41, 5.74) is 0. The van der Waals surface area contributed by atoms with Gasteiger partial charge in [-0.3, -0.25) is 0 Å². The van der Waals surface area contributed by atoms with E-state index in [0.29, 0.717) is 0 Å². The summed E-state index contributed by atoms with van der Waals surface area (Å²) in [7, 11) is 0. The van der Waals surface area contributed by atoms with Crippen molar-refractivity contribution in [3.8, 4) is 0 Å². The molecule has 0 saturated heterocycles. The first-order valence-electron chi connectivity index (χ1n) is 5.36. The predicted molar refractivity (Wildman–Crippen MR) is 69.6 cm³/mol. The number of halogens is 1. The molecular formula is C14H17BrFe+2. The summed E-state index contributed by atoms with van der Waals surface area (Å²) in [6, 6.07) is 0. The van der Waals surface area contributed by atoms with E-state index in [1.807, 2.05) is 32.1 Å². The first kappa shape index (κ1) is 17.0. The molecule has 0 heterocycles. The van der Waals surface area contributed by atoms with Gasteiger partial charge < -0.3 is 0 Å². The van der Waals surface area contributed by atoms with Gasteiger partial charge in [0, 0.05) is 5.33 Å². The largest absolute Gasteiger partial charge is 2.00 e. The van der Waals surface area contributed by atoms with Crippen molar-refractivity contribution in [3.63, 3.8) is 0 Å². The normalized spacial score (nSPS) is 20.1.